The van der Waals surface area contributed by atoms with Crippen LogP contribution >= 0.6 is 0 Å². The minimum atomic E-state index is -0.342. The van der Waals surface area contributed by atoms with Gasteiger partial charge in [-0.05, 0) is 43.3 Å². The zero-order valence-electron chi connectivity index (χ0n) is 18.1. The number of carbonyl (C=O) groups excluding carboxylic acids is 2. The maximum Gasteiger partial charge on any atom is 0.409 e. The summed E-state index contributed by atoms with van der Waals surface area (Å²) in [5, 5.41) is 0. The van der Waals surface area contributed by atoms with Gasteiger partial charge in [0.05, 0.1) is 25.5 Å². The molecule has 2 amide bonds. The fourth-order valence-corrected chi connectivity index (χ4v) is 3.62. The molecule has 2 heterocycles. The predicted octanol–water partition coefficient (Wildman–Crippen LogP) is 3.93. The van der Waals surface area contributed by atoms with E-state index in [-0.39, 0.29) is 12.0 Å². The van der Waals surface area contributed by atoms with Crippen LogP contribution in [0.15, 0.2) is 59.1 Å². The van der Waals surface area contributed by atoms with Crippen molar-refractivity contribution < 1.29 is 23.5 Å². The van der Waals surface area contributed by atoms with E-state index < -0.39 is 0 Å². The van der Waals surface area contributed by atoms with Crippen LogP contribution in [0.3, 0.4) is 0 Å². The number of piperazine rings is 1. The van der Waals surface area contributed by atoms with Gasteiger partial charge >= 0.3 is 6.09 Å². The summed E-state index contributed by atoms with van der Waals surface area (Å²) in [4.78, 5) is 32.9. The molecule has 3 aromatic rings. The zero-order chi connectivity index (χ0) is 22.5. The van der Waals surface area contributed by atoms with Crippen LogP contribution < -0.4 is 4.74 Å². The normalized spacial score (nSPS) is 13.7. The van der Waals surface area contributed by atoms with Gasteiger partial charge in [-0.25, -0.2) is 9.78 Å². The first-order valence-corrected chi connectivity index (χ1v) is 10.5. The van der Waals surface area contributed by atoms with Gasteiger partial charge in [0, 0.05) is 37.3 Å². The Hall–Kier alpha value is -3.81. The molecule has 8 nitrogen and oxygen atoms in total. The molecule has 4 rings (SSSR count). The summed E-state index contributed by atoms with van der Waals surface area (Å²) in [6, 6.07) is 14.8. The van der Waals surface area contributed by atoms with Gasteiger partial charge in [0.25, 0.3) is 5.91 Å². The van der Waals surface area contributed by atoms with Crippen LogP contribution in [0.4, 0.5) is 4.79 Å². The molecule has 1 fully saturated rings. The number of aromatic nitrogens is 1. The Morgan fingerprint density at radius 2 is 1.69 bits per heavy atom. The average molecular weight is 435 g/mol. The first-order chi connectivity index (χ1) is 15.6. The Labute approximate surface area is 186 Å². The molecule has 0 atom stereocenters. The molecule has 0 N–H and O–H groups in total. The molecule has 0 saturated carbocycles. The fraction of sp³-hybridized carbons (Fsp3) is 0.292. The number of hydrogen-bond donors (Lipinski definition) is 0. The van der Waals surface area contributed by atoms with Gasteiger partial charge in [0.2, 0.25) is 5.89 Å². The lowest BCUT2D eigenvalue weighted by atomic mass is 10.1. The monoisotopic (exact) mass is 435 g/mol. The van der Waals surface area contributed by atoms with Crippen LogP contribution in [0.5, 0.6) is 5.75 Å². The van der Waals surface area contributed by atoms with Gasteiger partial charge < -0.3 is 23.7 Å². The van der Waals surface area contributed by atoms with Crippen LogP contribution in [0, 0.1) is 0 Å². The van der Waals surface area contributed by atoms with Gasteiger partial charge in [-0.1, -0.05) is 12.1 Å². The standard InChI is InChI=1S/C24H25N3O5/c1-3-31-24(29)27-14-12-26(13-15-27)23(28)20-7-5-4-6-19(20)22-25-16-21(32-22)17-8-10-18(30-2)11-9-17/h4-11,16H,3,12-15H2,1-2H3. The number of benzene rings is 2. The smallest absolute Gasteiger partial charge is 0.409 e. The molecular weight excluding hydrogens is 410 g/mol. The van der Waals surface area contributed by atoms with Crippen LogP contribution in [0.2, 0.25) is 0 Å². The van der Waals surface area contributed by atoms with Gasteiger partial charge in [0.1, 0.15) is 5.75 Å². The number of nitrogens with zero attached hydrogens (tertiary/aromatic N) is 3. The molecule has 1 aliphatic heterocycles. The molecule has 1 aliphatic rings. The van der Waals surface area contributed by atoms with E-state index in [0.717, 1.165) is 11.3 Å². The molecule has 0 unspecified atom stereocenters. The van der Waals surface area contributed by atoms with Gasteiger partial charge in [-0.3, -0.25) is 4.79 Å². The third kappa shape index (κ3) is 4.44. The second-order valence-electron chi connectivity index (χ2n) is 7.28. The number of amides is 2. The highest BCUT2D eigenvalue weighted by atomic mass is 16.6. The number of hydrogen-bond acceptors (Lipinski definition) is 6. The van der Waals surface area contributed by atoms with Crippen molar-refractivity contribution in [3.05, 3.63) is 60.3 Å². The molecule has 0 aliphatic carbocycles. The summed E-state index contributed by atoms with van der Waals surface area (Å²) in [5.74, 6) is 1.62. The Balaban J connectivity index is 1.52. The highest BCUT2D eigenvalue weighted by Gasteiger charge is 2.27. The molecular formula is C24H25N3O5. The second-order valence-corrected chi connectivity index (χ2v) is 7.28. The minimum absolute atomic E-state index is 0.117. The molecule has 2 aromatic carbocycles. The molecule has 166 valence electrons. The summed E-state index contributed by atoms with van der Waals surface area (Å²) in [5.41, 5.74) is 2.01. The zero-order valence-corrected chi connectivity index (χ0v) is 18.1. The summed E-state index contributed by atoms with van der Waals surface area (Å²) in [6.45, 7) is 3.86. The van der Waals surface area contributed by atoms with Crippen LogP contribution in [-0.4, -0.2) is 66.7 Å². The highest BCUT2D eigenvalue weighted by Crippen LogP contribution is 2.30. The van der Waals surface area contributed by atoms with Crippen molar-refractivity contribution >= 4 is 12.0 Å². The van der Waals surface area contributed by atoms with E-state index in [1.165, 1.54) is 0 Å². The average Bonchev–Trinajstić information content (AvgIpc) is 3.34. The van der Waals surface area contributed by atoms with E-state index in [2.05, 4.69) is 4.98 Å². The van der Waals surface area contributed by atoms with Crippen molar-refractivity contribution in [1.29, 1.82) is 0 Å². The van der Waals surface area contributed by atoms with E-state index in [9.17, 15) is 9.59 Å². The van der Waals surface area contributed by atoms with Crippen LogP contribution in [0.1, 0.15) is 17.3 Å². The summed E-state index contributed by atoms with van der Waals surface area (Å²) >= 11 is 0. The molecule has 0 bridgehead atoms. The number of oxazole rings is 1. The molecule has 0 radical (unpaired) electrons. The second kappa shape index (κ2) is 9.55. The van der Waals surface area contributed by atoms with Crippen molar-refractivity contribution in [2.24, 2.45) is 0 Å². The lowest BCUT2D eigenvalue weighted by molar-refractivity contribution is 0.0571. The third-order valence-electron chi connectivity index (χ3n) is 5.36. The molecule has 1 saturated heterocycles. The van der Waals surface area contributed by atoms with Gasteiger partial charge in [-0.2, -0.15) is 0 Å². The number of carbonyl (C=O) groups is 2. The van der Waals surface area contributed by atoms with Crippen molar-refractivity contribution in [2.45, 2.75) is 6.92 Å². The van der Waals surface area contributed by atoms with E-state index in [1.54, 1.807) is 36.1 Å². The number of rotatable bonds is 5. The third-order valence-corrected chi connectivity index (χ3v) is 5.36. The maximum absolute atomic E-state index is 13.3. The van der Waals surface area contributed by atoms with E-state index >= 15 is 0 Å². The fourth-order valence-electron chi connectivity index (χ4n) is 3.62. The van der Waals surface area contributed by atoms with Crippen molar-refractivity contribution in [3.63, 3.8) is 0 Å². The molecule has 32 heavy (non-hydrogen) atoms. The Morgan fingerprint density at radius 1 is 1.00 bits per heavy atom. The highest BCUT2D eigenvalue weighted by molar-refractivity contribution is 6.00. The SMILES string of the molecule is CCOC(=O)N1CCN(C(=O)c2ccccc2-c2ncc(-c3ccc(OC)cc3)o2)CC1. The summed E-state index contributed by atoms with van der Waals surface area (Å²) in [7, 11) is 1.62. The lowest BCUT2D eigenvalue weighted by Crippen LogP contribution is -2.50. The van der Waals surface area contributed by atoms with Crippen molar-refractivity contribution in [1.82, 2.24) is 14.8 Å². The van der Waals surface area contributed by atoms with E-state index in [4.69, 9.17) is 13.9 Å². The first-order valence-electron chi connectivity index (χ1n) is 10.5. The predicted molar refractivity (Wildman–Crippen MR) is 118 cm³/mol. The summed E-state index contributed by atoms with van der Waals surface area (Å²) in [6.07, 6.45) is 1.31. The van der Waals surface area contributed by atoms with Crippen molar-refractivity contribution in [2.75, 3.05) is 39.9 Å². The topological polar surface area (TPSA) is 85.1 Å². The van der Waals surface area contributed by atoms with Crippen molar-refractivity contribution in [3.8, 4) is 28.5 Å². The Morgan fingerprint density at radius 3 is 2.38 bits per heavy atom. The maximum atomic E-state index is 13.3. The van der Waals surface area contributed by atoms with Gasteiger partial charge in [0.15, 0.2) is 5.76 Å². The minimum Gasteiger partial charge on any atom is -0.497 e. The molecule has 1 aromatic heterocycles. The van der Waals surface area contributed by atoms with E-state index in [0.29, 0.717) is 55.6 Å². The first kappa shape index (κ1) is 21.4. The van der Waals surface area contributed by atoms with Crippen LogP contribution in [-0.2, 0) is 4.74 Å². The molecule has 0 spiro atoms. The van der Waals surface area contributed by atoms with Gasteiger partial charge in [-0.15, -0.1) is 0 Å². The number of ether oxygens (including phenoxy) is 2. The van der Waals surface area contributed by atoms with Crippen LogP contribution in [0.25, 0.3) is 22.8 Å². The quantitative estimate of drug-likeness (QED) is 0.604. The Bertz CT molecular complexity index is 1090. The largest absolute Gasteiger partial charge is 0.497 e. The lowest BCUT2D eigenvalue weighted by Gasteiger charge is -2.34. The number of methoxy groups -OCH3 is 1. The van der Waals surface area contributed by atoms with E-state index in [1.807, 2.05) is 42.5 Å². The Kier molecular flexibility index (Phi) is 6.39. The molecule has 8 heteroatoms. The summed E-state index contributed by atoms with van der Waals surface area (Å²) < 4.78 is 16.2.